The number of hydrogen-bond donors (Lipinski definition) is 0. The summed E-state index contributed by atoms with van der Waals surface area (Å²) in [6.07, 6.45) is 5.56. The van der Waals surface area contributed by atoms with Crippen LogP contribution in [0.2, 0.25) is 0 Å². The lowest BCUT2D eigenvalue weighted by Gasteiger charge is -2.21. The van der Waals surface area contributed by atoms with Gasteiger partial charge in [-0.1, -0.05) is 13.0 Å². The number of aryl methyl sites for hydroxylation is 1. The van der Waals surface area contributed by atoms with Gasteiger partial charge in [-0.2, -0.15) is 0 Å². The molecule has 1 aromatic heterocycles. The average molecular weight is 314 g/mol. The van der Waals surface area contributed by atoms with Crippen LogP contribution in [0.25, 0.3) is 10.9 Å². The van der Waals surface area contributed by atoms with Gasteiger partial charge in [0.1, 0.15) is 5.82 Å². The van der Waals surface area contributed by atoms with E-state index in [0.717, 1.165) is 18.5 Å². The summed E-state index contributed by atoms with van der Waals surface area (Å²) in [6, 6.07) is 5.82. The summed E-state index contributed by atoms with van der Waals surface area (Å²) in [7, 11) is 2.22. The van der Waals surface area contributed by atoms with Crippen LogP contribution in [0.4, 0.5) is 4.39 Å². The molecule has 0 spiro atoms. The van der Waals surface area contributed by atoms with Crippen molar-refractivity contribution in [3.8, 4) is 0 Å². The normalized spacial score (nSPS) is 20.3. The number of rotatable bonds is 5. The quantitative estimate of drug-likeness (QED) is 0.725. The first-order valence-electron chi connectivity index (χ1n) is 8.70. The van der Waals surface area contributed by atoms with Crippen LogP contribution in [0.15, 0.2) is 30.9 Å². The van der Waals surface area contributed by atoms with Crippen LogP contribution in [0.3, 0.4) is 0 Å². The zero-order chi connectivity index (χ0) is 16.6. The molecule has 2 nitrogen and oxygen atoms in total. The number of fused-ring (bicyclic) bond motifs is 1. The molecule has 0 radical (unpaired) electrons. The minimum Gasteiger partial charge on any atom is -0.344 e. The molecule has 1 aliphatic heterocycles. The fraction of sp³-hybridized carbons (Fsp3) is 0.500. The summed E-state index contributed by atoms with van der Waals surface area (Å²) in [5.41, 5.74) is 3.71. The summed E-state index contributed by atoms with van der Waals surface area (Å²) in [4.78, 5) is 2.46. The molecule has 23 heavy (non-hydrogen) atoms. The first kappa shape index (κ1) is 16.3. The second kappa shape index (κ2) is 6.48. The first-order chi connectivity index (χ1) is 11.1. The van der Waals surface area contributed by atoms with Gasteiger partial charge in [-0.15, -0.1) is 6.58 Å². The molecule has 0 saturated carbocycles. The van der Waals surface area contributed by atoms with Crippen LogP contribution in [0, 0.1) is 5.82 Å². The van der Waals surface area contributed by atoms with Gasteiger partial charge in [0.25, 0.3) is 0 Å². The molecule has 1 saturated heterocycles. The molecular weight excluding hydrogens is 287 g/mol. The molecule has 2 heterocycles. The second-order valence-corrected chi connectivity index (χ2v) is 6.77. The smallest absolute Gasteiger partial charge is 0.125 e. The Hall–Kier alpha value is -1.61. The lowest BCUT2D eigenvalue weighted by molar-refractivity contribution is 0.309. The fourth-order valence-electron chi connectivity index (χ4n) is 4.07. The predicted octanol–water partition coefficient (Wildman–Crippen LogP) is 4.73. The SMILES string of the molecule is C=CC(C)c1c(CC2CCCN2C)c2ccc(F)cc2n1CC. The Kier molecular flexibility index (Phi) is 4.58. The minimum absolute atomic E-state index is 0.160. The molecule has 0 N–H and O–H groups in total. The topological polar surface area (TPSA) is 8.17 Å². The van der Waals surface area contributed by atoms with Gasteiger partial charge in [0, 0.05) is 29.6 Å². The summed E-state index contributed by atoms with van der Waals surface area (Å²) in [5.74, 6) is 0.110. The van der Waals surface area contributed by atoms with E-state index in [1.165, 1.54) is 36.0 Å². The molecule has 2 atom stereocenters. The number of likely N-dealkylation sites (tertiary alicyclic amines) is 1. The monoisotopic (exact) mass is 314 g/mol. The largest absolute Gasteiger partial charge is 0.344 e. The lowest BCUT2D eigenvalue weighted by atomic mass is 9.95. The van der Waals surface area contributed by atoms with E-state index in [-0.39, 0.29) is 11.7 Å². The molecule has 3 heteroatoms. The Balaban J connectivity index is 2.18. The maximum absolute atomic E-state index is 13.8. The second-order valence-electron chi connectivity index (χ2n) is 6.77. The molecule has 1 fully saturated rings. The molecule has 0 bridgehead atoms. The highest BCUT2D eigenvalue weighted by Gasteiger charge is 2.26. The zero-order valence-corrected chi connectivity index (χ0v) is 14.5. The Morgan fingerprint density at radius 3 is 2.83 bits per heavy atom. The third-order valence-corrected chi connectivity index (χ3v) is 5.39. The maximum Gasteiger partial charge on any atom is 0.125 e. The Labute approximate surface area is 138 Å². The van der Waals surface area contributed by atoms with E-state index in [4.69, 9.17) is 0 Å². The number of nitrogens with zero attached hydrogens (tertiary/aromatic N) is 2. The third-order valence-electron chi connectivity index (χ3n) is 5.39. The highest BCUT2D eigenvalue weighted by atomic mass is 19.1. The highest BCUT2D eigenvalue weighted by Crippen LogP contribution is 2.35. The number of allylic oxidation sites excluding steroid dienone is 1. The van der Waals surface area contributed by atoms with E-state index >= 15 is 0 Å². The number of hydrogen-bond acceptors (Lipinski definition) is 1. The van der Waals surface area contributed by atoms with Crippen molar-refractivity contribution >= 4 is 10.9 Å². The van der Waals surface area contributed by atoms with E-state index in [1.54, 1.807) is 12.1 Å². The van der Waals surface area contributed by atoms with Crippen molar-refractivity contribution in [3.63, 3.8) is 0 Å². The fourth-order valence-corrected chi connectivity index (χ4v) is 4.07. The summed E-state index contributed by atoms with van der Waals surface area (Å²) >= 11 is 0. The standard InChI is InChI=1S/C20H27FN2/c1-5-14(3)20-18(13-16-8-7-11-22(16)4)17-10-9-15(21)12-19(17)23(20)6-2/h5,9-10,12,14,16H,1,6-8,11,13H2,2-4H3. The Morgan fingerprint density at radius 2 is 2.22 bits per heavy atom. The molecule has 1 aliphatic rings. The van der Waals surface area contributed by atoms with Crippen molar-refractivity contribution in [2.24, 2.45) is 0 Å². The van der Waals surface area contributed by atoms with Gasteiger partial charge in [-0.3, -0.25) is 0 Å². The van der Waals surface area contributed by atoms with E-state index in [1.807, 2.05) is 12.1 Å². The van der Waals surface area contributed by atoms with Crippen LogP contribution in [0.5, 0.6) is 0 Å². The zero-order valence-electron chi connectivity index (χ0n) is 14.5. The average Bonchev–Trinajstić information content (AvgIpc) is 3.08. The number of benzene rings is 1. The predicted molar refractivity (Wildman–Crippen MR) is 95.5 cm³/mol. The van der Waals surface area contributed by atoms with E-state index in [9.17, 15) is 4.39 Å². The molecule has 0 aliphatic carbocycles. The van der Waals surface area contributed by atoms with Crippen molar-refractivity contribution in [3.05, 3.63) is 47.9 Å². The van der Waals surface area contributed by atoms with E-state index in [0.29, 0.717) is 6.04 Å². The molecule has 124 valence electrons. The lowest BCUT2D eigenvalue weighted by Crippen LogP contribution is -2.27. The van der Waals surface area contributed by atoms with Crippen molar-refractivity contribution in [1.29, 1.82) is 0 Å². The summed E-state index contributed by atoms with van der Waals surface area (Å²) in [5, 5.41) is 1.21. The summed E-state index contributed by atoms with van der Waals surface area (Å²) < 4.78 is 16.1. The van der Waals surface area contributed by atoms with E-state index in [2.05, 4.69) is 36.9 Å². The van der Waals surface area contributed by atoms with Crippen LogP contribution in [-0.2, 0) is 13.0 Å². The number of likely N-dealkylation sites (N-methyl/N-ethyl adjacent to an activating group) is 1. The Morgan fingerprint density at radius 1 is 1.43 bits per heavy atom. The maximum atomic E-state index is 13.8. The highest BCUT2D eigenvalue weighted by molar-refractivity contribution is 5.86. The minimum atomic E-state index is -0.160. The van der Waals surface area contributed by atoms with Gasteiger partial charge in [0.15, 0.2) is 0 Å². The van der Waals surface area contributed by atoms with Crippen molar-refractivity contribution in [2.75, 3.05) is 13.6 Å². The molecule has 2 aromatic rings. The number of aromatic nitrogens is 1. The van der Waals surface area contributed by atoms with Crippen LogP contribution in [0.1, 0.15) is 43.9 Å². The van der Waals surface area contributed by atoms with Gasteiger partial charge in [0.2, 0.25) is 0 Å². The van der Waals surface area contributed by atoms with Gasteiger partial charge >= 0.3 is 0 Å². The van der Waals surface area contributed by atoms with Gasteiger partial charge in [0.05, 0.1) is 5.52 Å². The van der Waals surface area contributed by atoms with Gasteiger partial charge in [-0.25, -0.2) is 4.39 Å². The molecule has 1 aromatic carbocycles. The molecule has 0 amide bonds. The van der Waals surface area contributed by atoms with Gasteiger partial charge in [-0.05, 0) is 63.5 Å². The van der Waals surface area contributed by atoms with Crippen LogP contribution >= 0.6 is 0 Å². The van der Waals surface area contributed by atoms with E-state index < -0.39 is 0 Å². The third kappa shape index (κ3) is 2.83. The van der Waals surface area contributed by atoms with Crippen LogP contribution < -0.4 is 0 Å². The summed E-state index contributed by atoms with van der Waals surface area (Å²) in [6.45, 7) is 10.3. The Bertz CT molecular complexity index is 716. The van der Waals surface area contributed by atoms with Crippen molar-refractivity contribution in [1.82, 2.24) is 9.47 Å². The van der Waals surface area contributed by atoms with Crippen molar-refractivity contribution < 1.29 is 4.39 Å². The first-order valence-corrected chi connectivity index (χ1v) is 8.70. The number of halogens is 1. The molecular formula is C20H27FN2. The van der Waals surface area contributed by atoms with Crippen LogP contribution in [-0.4, -0.2) is 29.1 Å². The van der Waals surface area contributed by atoms with Gasteiger partial charge < -0.3 is 9.47 Å². The van der Waals surface area contributed by atoms with Crippen molar-refractivity contribution in [2.45, 2.75) is 51.6 Å². The molecule has 3 rings (SSSR count). The molecule has 2 unspecified atom stereocenters.